The molecule has 2 rings (SSSR count). The van der Waals surface area contributed by atoms with E-state index in [4.69, 9.17) is 0 Å². The maximum Gasteiger partial charge on any atom is 0.0674 e. The first-order chi connectivity index (χ1) is 9.33. The van der Waals surface area contributed by atoms with Gasteiger partial charge in [-0.25, -0.2) is 0 Å². The lowest BCUT2D eigenvalue weighted by Crippen LogP contribution is -2.35. The normalized spacial score (nSPS) is 11.8. The molecule has 0 unspecified atom stereocenters. The summed E-state index contributed by atoms with van der Waals surface area (Å²) in [5.41, 5.74) is 3.56. The van der Waals surface area contributed by atoms with Crippen LogP contribution in [0.15, 0.2) is 29.1 Å². The topological polar surface area (TPSA) is 42.7 Å². The van der Waals surface area contributed by atoms with Gasteiger partial charge in [-0.2, -0.15) is 5.10 Å². The molecule has 0 radical (unpaired) electrons. The van der Waals surface area contributed by atoms with Gasteiger partial charge >= 0.3 is 0 Å². The molecular weight excluding hydrogens is 316 g/mol. The molecule has 1 N–H and O–H groups in total. The number of hydrogen-bond acceptors (Lipinski definition) is 3. The van der Waals surface area contributed by atoms with Crippen LogP contribution >= 0.6 is 15.9 Å². The third-order valence-corrected chi connectivity index (χ3v) is 3.40. The Morgan fingerprint density at radius 2 is 2.05 bits per heavy atom. The third kappa shape index (κ3) is 4.42. The highest BCUT2D eigenvalue weighted by Crippen LogP contribution is 2.13. The van der Waals surface area contributed by atoms with Crippen molar-refractivity contribution in [2.75, 3.05) is 0 Å². The summed E-state index contributed by atoms with van der Waals surface area (Å²) < 4.78 is 2.96. The van der Waals surface area contributed by atoms with Crippen molar-refractivity contribution >= 4 is 15.9 Å². The lowest BCUT2D eigenvalue weighted by Gasteiger charge is -2.20. The molecule has 4 nitrogen and oxygen atoms in total. The summed E-state index contributed by atoms with van der Waals surface area (Å²) in [4.78, 5) is 4.18. The van der Waals surface area contributed by atoms with E-state index < -0.39 is 0 Å². The predicted molar refractivity (Wildman–Crippen MR) is 84.6 cm³/mol. The van der Waals surface area contributed by atoms with Gasteiger partial charge in [-0.3, -0.25) is 9.67 Å². The Morgan fingerprint density at radius 1 is 1.30 bits per heavy atom. The summed E-state index contributed by atoms with van der Waals surface area (Å²) >= 11 is 3.44. The van der Waals surface area contributed by atoms with Crippen molar-refractivity contribution in [3.63, 3.8) is 0 Å². The van der Waals surface area contributed by atoms with E-state index in [1.165, 1.54) is 5.56 Å². The standard InChI is InChI=1S/C15H21BrN4/c1-11-13(7-18-15(2,3)4)10-20(19-11)9-12-5-14(16)8-17-6-12/h5-6,8,10,18H,7,9H2,1-4H3. The van der Waals surface area contributed by atoms with Crippen molar-refractivity contribution in [3.05, 3.63) is 46.0 Å². The number of nitrogens with one attached hydrogen (secondary N) is 1. The van der Waals surface area contributed by atoms with Crippen molar-refractivity contribution in [1.82, 2.24) is 20.1 Å². The van der Waals surface area contributed by atoms with Gasteiger partial charge in [-0.05, 0) is 55.3 Å². The summed E-state index contributed by atoms with van der Waals surface area (Å²) in [5, 5.41) is 8.06. The van der Waals surface area contributed by atoms with Gasteiger partial charge in [0.1, 0.15) is 0 Å². The van der Waals surface area contributed by atoms with Crippen LogP contribution in [0.2, 0.25) is 0 Å². The molecular formula is C15H21BrN4. The second kappa shape index (κ2) is 6.06. The fraction of sp³-hybridized carbons (Fsp3) is 0.467. The third-order valence-electron chi connectivity index (χ3n) is 2.96. The first-order valence-electron chi connectivity index (χ1n) is 6.71. The van der Waals surface area contributed by atoms with Crippen LogP contribution in [0.5, 0.6) is 0 Å². The Bertz CT molecular complexity index is 584. The van der Waals surface area contributed by atoms with Crippen molar-refractivity contribution in [2.24, 2.45) is 0 Å². The number of nitrogens with zero attached hydrogens (tertiary/aromatic N) is 3. The number of rotatable bonds is 4. The molecule has 0 spiro atoms. The quantitative estimate of drug-likeness (QED) is 0.931. The lowest BCUT2D eigenvalue weighted by molar-refractivity contribution is 0.423. The van der Waals surface area contributed by atoms with Crippen LogP contribution in [0.4, 0.5) is 0 Å². The molecule has 2 heterocycles. The summed E-state index contributed by atoms with van der Waals surface area (Å²) in [6, 6.07) is 2.07. The molecule has 0 aliphatic heterocycles. The predicted octanol–water partition coefficient (Wildman–Crippen LogP) is 3.29. The van der Waals surface area contributed by atoms with Gasteiger partial charge in [-0.15, -0.1) is 0 Å². The van der Waals surface area contributed by atoms with E-state index >= 15 is 0 Å². The number of aromatic nitrogens is 3. The summed E-state index contributed by atoms with van der Waals surface area (Å²) in [6.07, 6.45) is 5.76. The molecule has 108 valence electrons. The summed E-state index contributed by atoms with van der Waals surface area (Å²) in [6.45, 7) is 10.1. The second-order valence-electron chi connectivity index (χ2n) is 6.05. The minimum absolute atomic E-state index is 0.114. The highest BCUT2D eigenvalue weighted by atomic mass is 79.9. The molecule has 0 aliphatic rings. The van der Waals surface area contributed by atoms with Crippen LogP contribution in [-0.2, 0) is 13.1 Å². The largest absolute Gasteiger partial charge is 0.308 e. The van der Waals surface area contributed by atoms with Crippen LogP contribution in [0.25, 0.3) is 0 Å². The molecule has 2 aromatic rings. The van der Waals surface area contributed by atoms with E-state index in [-0.39, 0.29) is 5.54 Å². The van der Waals surface area contributed by atoms with E-state index in [1.807, 2.05) is 10.9 Å². The Morgan fingerprint density at radius 3 is 2.70 bits per heavy atom. The van der Waals surface area contributed by atoms with Gasteiger partial charge in [0.15, 0.2) is 0 Å². The zero-order chi connectivity index (χ0) is 14.8. The van der Waals surface area contributed by atoms with Crippen LogP contribution in [0.1, 0.15) is 37.6 Å². The van der Waals surface area contributed by atoms with Crippen molar-refractivity contribution < 1.29 is 0 Å². The van der Waals surface area contributed by atoms with Crippen molar-refractivity contribution in [3.8, 4) is 0 Å². The lowest BCUT2D eigenvalue weighted by atomic mass is 10.1. The zero-order valence-electron chi connectivity index (χ0n) is 12.4. The Kier molecular flexibility index (Phi) is 4.60. The minimum Gasteiger partial charge on any atom is -0.308 e. The van der Waals surface area contributed by atoms with Crippen LogP contribution in [0, 0.1) is 6.92 Å². The van der Waals surface area contributed by atoms with Crippen molar-refractivity contribution in [1.29, 1.82) is 0 Å². The highest BCUT2D eigenvalue weighted by molar-refractivity contribution is 9.10. The smallest absolute Gasteiger partial charge is 0.0674 e. The minimum atomic E-state index is 0.114. The van der Waals surface area contributed by atoms with E-state index in [2.05, 4.69) is 71.3 Å². The van der Waals surface area contributed by atoms with E-state index in [1.54, 1.807) is 6.20 Å². The Labute approximate surface area is 128 Å². The highest BCUT2D eigenvalue weighted by Gasteiger charge is 2.11. The molecule has 2 aromatic heterocycles. The molecule has 0 amide bonds. The zero-order valence-corrected chi connectivity index (χ0v) is 14.0. The van der Waals surface area contributed by atoms with Crippen LogP contribution in [-0.4, -0.2) is 20.3 Å². The maximum atomic E-state index is 4.57. The Balaban J connectivity index is 2.07. The van der Waals surface area contributed by atoms with Crippen LogP contribution < -0.4 is 5.32 Å². The molecule has 5 heteroatoms. The molecule has 0 saturated heterocycles. The summed E-state index contributed by atoms with van der Waals surface area (Å²) in [7, 11) is 0. The van der Waals surface area contributed by atoms with Gasteiger partial charge in [-0.1, -0.05) is 0 Å². The number of pyridine rings is 1. The van der Waals surface area contributed by atoms with Crippen LogP contribution in [0.3, 0.4) is 0 Å². The average Bonchev–Trinajstić information content (AvgIpc) is 2.66. The van der Waals surface area contributed by atoms with Gasteiger partial charge < -0.3 is 5.32 Å². The average molecular weight is 337 g/mol. The fourth-order valence-electron chi connectivity index (χ4n) is 1.90. The number of hydrogen-bond donors (Lipinski definition) is 1. The van der Waals surface area contributed by atoms with Crippen molar-refractivity contribution in [2.45, 2.75) is 46.3 Å². The molecule has 0 atom stereocenters. The van der Waals surface area contributed by atoms with E-state index in [0.717, 1.165) is 28.8 Å². The first-order valence-corrected chi connectivity index (χ1v) is 7.50. The van der Waals surface area contributed by atoms with Gasteiger partial charge in [0.05, 0.1) is 12.2 Å². The molecule has 0 fully saturated rings. The van der Waals surface area contributed by atoms with E-state index in [9.17, 15) is 0 Å². The van der Waals surface area contributed by atoms with E-state index in [0.29, 0.717) is 0 Å². The summed E-state index contributed by atoms with van der Waals surface area (Å²) in [5.74, 6) is 0. The van der Waals surface area contributed by atoms with Gasteiger partial charge in [0, 0.05) is 40.7 Å². The number of aryl methyl sites for hydroxylation is 1. The first kappa shape index (κ1) is 15.2. The second-order valence-corrected chi connectivity index (χ2v) is 6.97. The molecule has 0 aromatic carbocycles. The molecule has 0 saturated carbocycles. The maximum absolute atomic E-state index is 4.57. The van der Waals surface area contributed by atoms with Gasteiger partial charge in [0.25, 0.3) is 0 Å². The SMILES string of the molecule is Cc1nn(Cc2cncc(Br)c2)cc1CNC(C)(C)C. The monoisotopic (exact) mass is 336 g/mol. The molecule has 0 aliphatic carbocycles. The number of halogens is 1. The fourth-order valence-corrected chi connectivity index (χ4v) is 2.32. The molecule has 0 bridgehead atoms. The van der Waals surface area contributed by atoms with Gasteiger partial charge in [0.2, 0.25) is 0 Å². The Hall–Kier alpha value is -1.20. The molecule has 20 heavy (non-hydrogen) atoms.